The van der Waals surface area contributed by atoms with E-state index in [0.717, 1.165) is 5.57 Å². The predicted molar refractivity (Wildman–Crippen MR) is 118 cm³/mol. The Morgan fingerprint density at radius 3 is 2.56 bits per heavy atom. The zero-order valence-corrected chi connectivity index (χ0v) is 20.6. The van der Waals surface area contributed by atoms with Gasteiger partial charge in [-0.05, 0) is 13.3 Å². The summed E-state index contributed by atoms with van der Waals surface area (Å²) in [7, 11) is 2.93. The van der Waals surface area contributed by atoms with Crippen LogP contribution in [0.4, 0.5) is 0 Å². The zero-order valence-electron chi connectivity index (χ0n) is 20.6. The van der Waals surface area contributed by atoms with Gasteiger partial charge in [0.25, 0.3) is 5.91 Å². The lowest BCUT2D eigenvalue weighted by molar-refractivity contribution is -0.332. The standard InChI is InChI=1S/C23H39NO10/c1-12-7-13(2)34-23(9-12,30-6)18(27)20(28)24-21-17-16(31-11-32-21)19(29-5)22(3,4)15(33-17)8-14(26)10-25/h13-19,21,25-27H,1,7-11H2,2-6H3,(H,24,28)/t13-,14+,15-,16?,17+,18-,19-,21-,23-/m1/s1. The molecular weight excluding hydrogens is 450 g/mol. The SMILES string of the molecule is C=C1C[C@@H](C)O[C@@](OC)([C@H](O)C(=O)N[C@@H]2OCOC3[C@@H](OC)C(C)(C)[C@@H](C[C@H](O)CO)O[C@@H]32)C1. The van der Waals surface area contributed by atoms with Crippen molar-refractivity contribution in [2.75, 3.05) is 27.6 Å². The van der Waals surface area contributed by atoms with Gasteiger partial charge >= 0.3 is 0 Å². The average Bonchev–Trinajstić information content (AvgIpc) is 2.78. The van der Waals surface area contributed by atoms with E-state index in [1.54, 1.807) is 7.11 Å². The lowest BCUT2D eigenvalue weighted by Gasteiger charge is -2.54. The average molecular weight is 490 g/mol. The maximum atomic E-state index is 13.1. The molecule has 3 aliphatic rings. The number of carbonyl (C=O) groups excluding carboxylic acids is 1. The highest BCUT2D eigenvalue weighted by molar-refractivity contribution is 5.82. The van der Waals surface area contributed by atoms with Gasteiger partial charge < -0.3 is 49.1 Å². The Morgan fingerprint density at radius 2 is 1.97 bits per heavy atom. The van der Waals surface area contributed by atoms with Crippen LogP contribution in [-0.2, 0) is 33.2 Å². The molecule has 0 aliphatic carbocycles. The number of fused-ring (bicyclic) bond motifs is 1. The summed E-state index contributed by atoms with van der Waals surface area (Å²) in [5, 5.41) is 33.0. The second-order valence-corrected chi connectivity index (χ2v) is 9.96. The summed E-state index contributed by atoms with van der Waals surface area (Å²) < 4.78 is 34.8. The molecule has 3 rings (SSSR count). The number of aliphatic hydroxyl groups excluding tert-OH is 3. The molecule has 0 aromatic carbocycles. The van der Waals surface area contributed by atoms with E-state index >= 15 is 0 Å². The first-order valence-electron chi connectivity index (χ1n) is 11.6. The Morgan fingerprint density at radius 1 is 1.26 bits per heavy atom. The van der Waals surface area contributed by atoms with Crippen LogP contribution in [0.1, 0.15) is 40.0 Å². The van der Waals surface area contributed by atoms with E-state index in [-0.39, 0.29) is 25.7 Å². The number of aliphatic hydroxyl groups is 3. The quantitative estimate of drug-likeness (QED) is 0.339. The Balaban J connectivity index is 1.79. The highest BCUT2D eigenvalue weighted by Crippen LogP contribution is 2.43. The van der Waals surface area contributed by atoms with Crippen molar-refractivity contribution in [1.82, 2.24) is 5.32 Å². The first kappa shape index (κ1) is 27.4. The van der Waals surface area contributed by atoms with E-state index in [1.165, 1.54) is 7.11 Å². The first-order chi connectivity index (χ1) is 16.0. The van der Waals surface area contributed by atoms with Crippen molar-refractivity contribution in [3.8, 4) is 0 Å². The molecule has 196 valence electrons. The number of hydrogen-bond acceptors (Lipinski definition) is 10. The monoisotopic (exact) mass is 489 g/mol. The Bertz CT molecular complexity index is 733. The normalized spacial score (nSPS) is 39.7. The molecule has 3 heterocycles. The number of carbonyl (C=O) groups is 1. The van der Waals surface area contributed by atoms with Crippen LogP contribution < -0.4 is 5.32 Å². The van der Waals surface area contributed by atoms with Crippen molar-refractivity contribution in [3.05, 3.63) is 12.2 Å². The van der Waals surface area contributed by atoms with Gasteiger partial charge in [-0.15, -0.1) is 0 Å². The summed E-state index contributed by atoms with van der Waals surface area (Å²) in [5.41, 5.74) is 0.227. The summed E-state index contributed by atoms with van der Waals surface area (Å²) in [6.07, 6.45) is -5.34. The maximum Gasteiger partial charge on any atom is 0.256 e. The van der Waals surface area contributed by atoms with Crippen molar-refractivity contribution in [3.63, 3.8) is 0 Å². The van der Waals surface area contributed by atoms with Gasteiger partial charge in [0.05, 0.1) is 31.0 Å². The van der Waals surface area contributed by atoms with Gasteiger partial charge in [-0.3, -0.25) is 4.79 Å². The van der Waals surface area contributed by atoms with Crippen LogP contribution in [0.3, 0.4) is 0 Å². The van der Waals surface area contributed by atoms with Crippen LogP contribution in [0.15, 0.2) is 12.2 Å². The van der Waals surface area contributed by atoms with E-state index in [0.29, 0.717) is 6.42 Å². The zero-order chi connectivity index (χ0) is 25.3. The van der Waals surface area contributed by atoms with Crippen molar-refractivity contribution in [1.29, 1.82) is 0 Å². The van der Waals surface area contributed by atoms with E-state index in [2.05, 4.69) is 11.9 Å². The summed E-state index contributed by atoms with van der Waals surface area (Å²) in [4.78, 5) is 13.1. The molecule has 0 saturated carbocycles. The highest BCUT2D eigenvalue weighted by Gasteiger charge is 2.57. The van der Waals surface area contributed by atoms with Crippen molar-refractivity contribution in [2.24, 2.45) is 5.41 Å². The summed E-state index contributed by atoms with van der Waals surface area (Å²) >= 11 is 0. The Kier molecular flexibility index (Phi) is 8.76. The van der Waals surface area contributed by atoms with Crippen LogP contribution >= 0.6 is 0 Å². The fourth-order valence-corrected chi connectivity index (χ4v) is 5.24. The van der Waals surface area contributed by atoms with Crippen molar-refractivity contribution in [2.45, 2.75) is 94.8 Å². The lowest BCUT2D eigenvalue weighted by Crippen LogP contribution is -2.69. The third kappa shape index (κ3) is 5.32. The van der Waals surface area contributed by atoms with Gasteiger partial charge in [0, 0.05) is 32.5 Å². The van der Waals surface area contributed by atoms with Gasteiger partial charge in [-0.1, -0.05) is 26.0 Å². The smallest absolute Gasteiger partial charge is 0.256 e. The molecule has 0 radical (unpaired) electrons. The summed E-state index contributed by atoms with van der Waals surface area (Å²) in [6.45, 7) is 9.12. The van der Waals surface area contributed by atoms with Gasteiger partial charge in [0.1, 0.15) is 19.0 Å². The second kappa shape index (κ2) is 10.9. The van der Waals surface area contributed by atoms with E-state index in [1.807, 2.05) is 20.8 Å². The van der Waals surface area contributed by atoms with Gasteiger partial charge in [0.15, 0.2) is 12.3 Å². The molecular formula is C23H39NO10. The molecule has 3 fully saturated rings. The molecule has 0 bridgehead atoms. The molecule has 0 spiro atoms. The molecule has 3 saturated heterocycles. The van der Waals surface area contributed by atoms with Gasteiger partial charge in [-0.25, -0.2) is 0 Å². The first-order valence-corrected chi connectivity index (χ1v) is 11.6. The predicted octanol–water partition coefficient (Wildman–Crippen LogP) is -0.188. The number of nitrogens with one attached hydrogen (secondary N) is 1. The molecule has 11 heteroatoms. The van der Waals surface area contributed by atoms with Gasteiger partial charge in [-0.2, -0.15) is 0 Å². The van der Waals surface area contributed by atoms with Crippen molar-refractivity contribution >= 4 is 5.91 Å². The fourth-order valence-electron chi connectivity index (χ4n) is 5.24. The van der Waals surface area contributed by atoms with Crippen molar-refractivity contribution < 1.29 is 48.5 Å². The van der Waals surface area contributed by atoms with Crippen LogP contribution in [0.5, 0.6) is 0 Å². The topological polar surface area (TPSA) is 145 Å². The minimum Gasteiger partial charge on any atom is -0.394 e. The molecule has 9 atom stereocenters. The largest absolute Gasteiger partial charge is 0.394 e. The van der Waals surface area contributed by atoms with Crippen LogP contribution in [0, 0.1) is 5.41 Å². The van der Waals surface area contributed by atoms with Gasteiger partial charge in [0.2, 0.25) is 5.79 Å². The molecule has 34 heavy (non-hydrogen) atoms. The Labute approximate surface area is 200 Å². The maximum absolute atomic E-state index is 13.1. The number of ether oxygens (including phenoxy) is 6. The summed E-state index contributed by atoms with van der Waals surface area (Å²) in [6, 6.07) is 0. The van der Waals surface area contributed by atoms with Crippen LogP contribution in [-0.4, -0.2) is 104 Å². The molecule has 0 aromatic heterocycles. The number of hydrogen-bond donors (Lipinski definition) is 4. The fraction of sp³-hybridized carbons (Fsp3) is 0.870. The summed E-state index contributed by atoms with van der Waals surface area (Å²) in [5.74, 6) is -2.33. The van der Waals surface area contributed by atoms with Crippen LogP contribution in [0.25, 0.3) is 0 Å². The lowest BCUT2D eigenvalue weighted by atomic mass is 9.72. The number of amides is 1. The molecule has 0 aromatic rings. The van der Waals surface area contributed by atoms with Crippen LogP contribution in [0.2, 0.25) is 0 Å². The molecule has 3 aliphatic heterocycles. The third-order valence-corrected chi connectivity index (χ3v) is 7.03. The molecule has 1 unspecified atom stereocenters. The molecule has 4 N–H and O–H groups in total. The third-order valence-electron chi connectivity index (χ3n) is 7.03. The number of rotatable bonds is 8. The molecule has 1 amide bonds. The molecule has 11 nitrogen and oxygen atoms in total. The van der Waals surface area contributed by atoms with E-state index < -0.39 is 66.6 Å². The minimum absolute atomic E-state index is 0.120. The Hall–Kier alpha value is -1.15. The second-order valence-electron chi connectivity index (χ2n) is 9.96. The highest BCUT2D eigenvalue weighted by atomic mass is 16.7. The minimum atomic E-state index is -1.66. The van der Waals surface area contributed by atoms with E-state index in [4.69, 9.17) is 28.4 Å². The van der Waals surface area contributed by atoms with E-state index in [9.17, 15) is 20.1 Å². The number of methoxy groups -OCH3 is 2.